The minimum atomic E-state index is -0.648. The third-order valence-electron chi connectivity index (χ3n) is 6.51. The van der Waals surface area contributed by atoms with E-state index in [0.717, 1.165) is 11.1 Å². The van der Waals surface area contributed by atoms with Crippen LogP contribution in [0.5, 0.6) is 0 Å². The van der Waals surface area contributed by atoms with Crippen molar-refractivity contribution in [3.05, 3.63) is 47.5 Å². The summed E-state index contributed by atoms with van der Waals surface area (Å²) in [7, 11) is 0. The van der Waals surface area contributed by atoms with Crippen molar-refractivity contribution in [1.82, 2.24) is 15.1 Å². The predicted octanol–water partition coefficient (Wildman–Crippen LogP) is 3.36. The van der Waals surface area contributed by atoms with Gasteiger partial charge < -0.3 is 10.2 Å². The van der Waals surface area contributed by atoms with E-state index in [2.05, 4.69) is 5.32 Å². The van der Waals surface area contributed by atoms with E-state index in [0.29, 0.717) is 19.3 Å². The topological polar surface area (TPSA) is 86.8 Å². The van der Waals surface area contributed by atoms with Crippen molar-refractivity contribution < 1.29 is 19.2 Å². The normalized spacial score (nSPS) is 20.8. The molecule has 1 aliphatic carbocycles. The molecule has 1 aromatic carbocycles. The van der Waals surface area contributed by atoms with Crippen molar-refractivity contribution in [3.63, 3.8) is 0 Å². The summed E-state index contributed by atoms with van der Waals surface area (Å²) in [5.74, 6) is -1.44. The van der Waals surface area contributed by atoms with Crippen LogP contribution in [0.4, 0.5) is 0 Å². The van der Waals surface area contributed by atoms with Crippen LogP contribution in [0.1, 0.15) is 64.5 Å². The molecule has 1 aliphatic heterocycles. The van der Waals surface area contributed by atoms with Crippen LogP contribution in [0.15, 0.2) is 36.4 Å². The lowest BCUT2D eigenvalue weighted by Crippen LogP contribution is -2.53. The van der Waals surface area contributed by atoms with Crippen molar-refractivity contribution in [3.8, 4) is 0 Å². The van der Waals surface area contributed by atoms with Gasteiger partial charge >= 0.3 is 0 Å². The van der Waals surface area contributed by atoms with Gasteiger partial charge in [-0.1, -0.05) is 48.9 Å². The minimum Gasteiger partial charge on any atom is -0.350 e. The Bertz CT molecular complexity index is 935. The molecule has 0 bridgehead atoms. The Morgan fingerprint density at radius 1 is 1.06 bits per heavy atom. The van der Waals surface area contributed by atoms with Gasteiger partial charge in [0.1, 0.15) is 6.04 Å². The molecule has 3 atom stereocenters. The fourth-order valence-corrected chi connectivity index (χ4v) is 4.70. The second kappa shape index (κ2) is 10.5. The molecule has 1 aromatic rings. The lowest BCUT2D eigenvalue weighted by molar-refractivity contribution is -0.144. The van der Waals surface area contributed by atoms with E-state index in [-0.39, 0.29) is 55.0 Å². The number of hydrogen-bond acceptors (Lipinski definition) is 4. The Morgan fingerprint density at radius 2 is 1.62 bits per heavy atom. The number of carbonyl (C=O) groups excluding carboxylic acids is 4. The van der Waals surface area contributed by atoms with Crippen LogP contribution >= 0.6 is 0 Å². The number of likely N-dealkylation sites (tertiary alicyclic amines) is 1. The molecule has 1 saturated heterocycles. The zero-order valence-electron chi connectivity index (χ0n) is 21.0. The molecule has 7 nitrogen and oxygen atoms in total. The van der Waals surface area contributed by atoms with Crippen LogP contribution in [0.25, 0.3) is 0 Å². The molecule has 2 aliphatic rings. The highest BCUT2D eigenvalue weighted by Gasteiger charge is 2.47. The van der Waals surface area contributed by atoms with Crippen molar-refractivity contribution in [2.45, 2.75) is 78.4 Å². The Hall–Kier alpha value is -2.96. The summed E-state index contributed by atoms with van der Waals surface area (Å²) in [6, 6.07) is 7.21. The third-order valence-corrected chi connectivity index (χ3v) is 6.51. The maximum Gasteiger partial charge on any atom is 0.243 e. The molecule has 3 rings (SSSR count). The Morgan fingerprint density at radius 3 is 2.12 bits per heavy atom. The monoisotopic (exact) mass is 467 g/mol. The average Bonchev–Trinajstić information content (AvgIpc) is 3.02. The summed E-state index contributed by atoms with van der Waals surface area (Å²) < 4.78 is 0. The number of fused-ring (bicyclic) bond motifs is 1. The lowest BCUT2D eigenvalue weighted by atomic mass is 9.85. The van der Waals surface area contributed by atoms with Gasteiger partial charge in [0.2, 0.25) is 23.6 Å². The molecule has 34 heavy (non-hydrogen) atoms. The first kappa shape index (κ1) is 25.7. The second-order valence-electron chi connectivity index (χ2n) is 10.4. The SMILES string of the molecule is CC[C@@H](C(=O)NC(C)(C)C)N(Cc1ccc(C)cc1)C(=O)CCN1C(=O)[C@H]2CC=CC[C@H]2C1=O. The number of benzene rings is 1. The van der Waals surface area contributed by atoms with Crippen molar-refractivity contribution in [2.75, 3.05) is 6.54 Å². The molecule has 1 N–H and O–H groups in total. The highest BCUT2D eigenvalue weighted by Crippen LogP contribution is 2.35. The molecule has 1 fully saturated rings. The minimum absolute atomic E-state index is 0.00446. The summed E-state index contributed by atoms with van der Waals surface area (Å²) in [6.07, 6.45) is 5.49. The van der Waals surface area contributed by atoms with E-state index in [9.17, 15) is 19.2 Å². The standard InChI is InChI=1S/C27H37N3O4/c1-6-22(24(32)28-27(3,4)5)30(17-19-13-11-18(2)12-14-19)23(31)15-16-29-25(33)20-9-7-8-10-21(20)26(29)34/h7-8,11-14,20-22H,6,9-10,15-17H2,1-5H3,(H,28,32)/t20-,21+,22-/m0/s1. The van der Waals surface area contributed by atoms with Crippen LogP contribution in [-0.4, -0.2) is 51.6 Å². The average molecular weight is 468 g/mol. The van der Waals surface area contributed by atoms with Crippen molar-refractivity contribution in [2.24, 2.45) is 11.8 Å². The molecular weight excluding hydrogens is 430 g/mol. The molecule has 4 amide bonds. The summed E-state index contributed by atoms with van der Waals surface area (Å²) >= 11 is 0. The van der Waals surface area contributed by atoms with Gasteiger partial charge in [0.25, 0.3) is 0 Å². The largest absolute Gasteiger partial charge is 0.350 e. The first-order valence-electron chi connectivity index (χ1n) is 12.2. The number of allylic oxidation sites excluding steroid dienone is 2. The first-order valence-corrected chi connectivity index (χ1v) is 12.2. The zero-order chi connectivity index (χ0) is 25.0. The Kier molecular flexibility index (Phi) is 7.95. The smallest absolute Gasteiger partial charge is 0.243 e. The van der Waals surface area contributed by atoms with E-state index in [1.807, 2.05) is 71.0 Å². The number of hydrogen-bond donors (Lipinski definition) is 1. The van der Waals surface area contributed by atoms with Gasteiger partial charge in [-0.25, -0.2) is 0 Å². The highest BCUT2D eigenvalue weighted by molar-refractivity contribution is 6.05. The molecule has 0 spiro atoms. The molecule has 7 heteroatoms. The maximum atomic E-state index is 13.5. The highest BCUT2D eigenvalue weighted by atomic mass is 16.2. The summed E-state index contributed by atoms with van der Waals surface area (Å²) in [5, 5.41) is 2.99. The van der Waals surface area contributed by atoms with E-state index < -0.39 is 11.6 Å². The molecular formula is C27H37N3O4. The number of carbonyl (C=O) groups is 4. The van der Waals surface area contributed by atoms with Gasteiger partial charge in [0.05, 0.1) is 11.8 Å². The summed E-state index contributed by atoms with van der Waals surface area (Å²) in [6.45, 7) is 9.93. The fourth-order valence-electron chi connectivity index (χ4n) is 4.70. The lowest BCUT2D eigenvalue weighted by Gasteiger charge is -2.33. The molecule has 0 aromatic heterocycles. The van der Waals surface area contributed by atoms with Gasteiger partial charge in [0.15, 0.2) is 0 Å². The van der Waals surface area contributed by atoms with Gasteiger partial charge in [0, 0.05) is 25.0 Å². The third kappa shape index (κ3) is 5.93. The maximum absolute atomic E-state index is 13.5. The van der Waals surface area contributed by atoms with E-state index in [1.54, 1.807) is 4.90 Å². The van der Waals surface area contributed by atoms with Crippen molar-refractivity contribution >= 4 is 23.6 Å². The van der Waals surface area contributed by atoms with Gasteiger partial charge in [-0.3, -0.25) is 24.1 Å². The fraction of sp³-hybridized carbons (Fsp3) is 0.556. The molecule has 0 saturated carbocycles. The number of imide groups is 1. The summed E-state index contributed by atoms with van der Waals surface area (Å²) in [4.78, 5) is 55.0. The molecule has 0 unspecified atom stereocenters. The number of aryl methyl sites for hydroxylation is 1. The van der Waals surface area contributed by atoms with E-state index >= 15 is 0 Å². The zero-order valence-corrected chi connectivity index (χ0v) is 21.0. The quantitative estimate of drug-likeness (QED) is 0.469. The number of rotatable bonds is 8. The number of nitrogens with one attached hydrogen (secondary N) is 1. The van der Waals surface area contributed by atoms with Crippen LogP contribution < -0.4 is 5.32 Å². The molecule has 0 radical (unpaired) electrons. The number of nitrogens with zero attached hydrogens (tertiary/aromatic N) is 2. The second-order valence-corrected chi connectivity index (χ2v) is 10.4. The van der Waals surface area contributed by atoms with Gasteiger partial charge in [-0.15, -0.1) is 0 Å². The Balaban J connectivity index is 1.77. The predicted molar refractivity (Wildman–Crippen MR) is 130 cm³/mol. The van der Waals surface area contributed by atoms with Crippen LogP contribution in [0.3, 0.4) is 0 Å². The first-order chi connectivity index (χ1) is 16.0. The van der Waals surface area contributed by atoms with Crippen LogP contribution in [0.2, 0.25) is 0 Å². The van der Waals surface area contributed by atoms with Crippen LogP contribution in [-0.2, 0) is 25.7 Å². The van der Waals surface area contributed by atoms with E-state index in [4.69, 9.17) is 0 Å². The number of amides is 4. The van der Waals surface area contributed by atoms with Crippen LogP contribution in [0, 0.1) is 18.8 Å². The Labute approximate surface area is 202 Å². The van der Waals surface area contributed by atoms with Gasteiger partial charge in [-0.2, -0.15) is 0 Å². The van der Waals surface area contributed by atoms with Crippen molar-refractivity contribution in [1.29, 1.82) is 0 Å². The summed E-state index contributed by atoms with van der Waals surface area (Å²) in [5.41, 5.74) is 1.61. The molecule has 184 valence electrons. The van der Waals surface area contributed by atoms with Gasteiger partial charge in [-0.05, 0) is 52.5 Å². The molecule has 1 heterocycles. The van der Waals surface area contributed by atoms with E-state index in [1.165, 1.54) is 4.90 Å².